The van der Waals surface area contributed by atoms with Crippen LogP contribution in [0, 0.1) is 0 Å². The summed E-state index contributed by atoms with van der Waals surface area (Å²) in [6.45, 7) is 0. The summed E-state index contributed by atoms with van der Waals surface area (Å²) in [6.07, 6.45) is 5.54. The highest BCUT2D eigenvalue weighted by atomic mass is 16.1. The maximum absolute atomic E-state index is 11.0. The number of Topliss-reactive ketones (excluding diaryl/α,β-unsaturated/α-hetero) is 1. The molecule has 0 radical (unpaired) electrons. The van der Waals surface area contributed by atoms with Gasteiger partial charge in [0.2, 0.25) is 11.6 Å². The SMILES string of the molecule is O=C1CC=Cn2cnnc21. The van der Waals surface area contributed by atoms with Crippen molar-refractivity contribution in [1.29, 1.82) is 0 Å². The molecule has 0 unspecified atom stereocenters. The van der Waals surface area contributed by atoms with Gasteiger partial charge in [-0.15, -0.1) is 10.2 Å². The maximum atomic E-state index is 11.0. The Labute approximate surface area is 57.2 Å². The zero-order valence-electron chi connectivity index (χ0n) is 5.19. The van der Waals surface area contributed by atoms with E-state index in [1.807, 2.05) is 0 Å². The number of carbonyl (C=O) groups is 1. The quantitative estimate of drug-likeness (QED) is 0.515. The molecule has 0 saturated heterocycles. The molecular weight excluding hydrogens is 130 g/mol. The number of nitrogens with zero attached hydrogens (tertiary/aromatic N) is 3. The number of carbonyl (C=O) groups excluding carboxylic acids is 1. The third-order valence-corrected chi connectivity index (χ3v) is 1.39. The molecule has 0 atom stereocenters. The van der Waals surface area contributed by atoms with E-state index in [2.05, 4.69) is 10.2 Å². The second-order valence-corrected chi connectivity index (χ2v) is 2.07. The highest BCUT2D eigenvalue weighted by Gasteiger charge is 2.13. The lowest BCUT2D eigenvalue weighted by atomic mass is 10.2. The number of hydrogen-bond acceptors (Lipinski definition) is 3. The van der Waals surface area contributed by atoms with E-state index in [0.29, 0.717) is 12.2 Å². The Balaban J connectivity index is 2.62. The van der Waals surface area contributed by atoms with Gasteiger partial charge in [0, 0.05) is 12.6 Å². The van der Waals surface area contributed by atoms with Gasteiger partial charge in [0.25, 0.3) is 0 Å². The predicted octanol–water partition coefficient (Wildman–Crippen LogP) is 0.335. The monoisotopic (exact) mass is 135 g/mol. The summed E-state index contributed by atoms with van der Waals surface area (Å²) >= 11 is 0. The molecule has 0 saturated carbocycles. The van der Waals surface area contributed by atoms with Gasteiger partial charge in [-0.05, 0) is 0 Å². The minimum Gasteiger partial charge on any atom is -0.290 e. The van der Waals surface area contributed by atoms with Crippen LogP contribution in [0.15, 0.2) is 12.4 Å². The molecule has 0 N–H and O–H groups in total. The van der Waals surface area contributed by atoms with Crippen LogP contribution in [0.25, 0.3) is 6.20 Å². The highest BCUT2D eigenvalue weighted by molar-refractivity contribution is 5.95. The molecule has 10 heavy (non-hydrogen) atoms. The van der Waals surface area contributed by atoms with Crippen molar-refractivity contribution < 1.29 is 4.79 Å². The molecule has 2 heterocycles. The molecule has 2 rings (SSSR count). The summed E-state index contributed by atoms with van der Waals surface area (Å²) in [5.41, 5.74) is 0. The topological polar surface area (TPSA) is 47.8 Å². The van der Waals surface area contributed by atoms with Crippen molar-refractivity contribution in [1.82, 2.24) is 14.8 Å². The van der Waals surface area contributed by atoms with Crippen molar-refractivity contribution in [3.8, 4) is 0 Å². The Morgan fingerprint density at radius 2 is 2.50 bits per heavy atom. The molecule has 0 amide bonds. The lowest BCUT2D eigenvalue weighted by Crippen LogP contribution is -2.08. The van der Waals surface area contributed by atoms with E-state index in [9.17, 15) is 4.79 Å². The molecule has 0 aromatic carbocycles. The molecule has 0 spiro atoms. The number of allylic oxidation sites excluding steroid dienone is 1. The van der Waals surface area contributed by atoms with Gasteiger partial charge in [-0.2, -0.15) is 0 Å². The first-order chi connectivity index (χ1) is 4.88. The highest BCUT2D eigenvalue weighted by Crippen LogP contribution is 2.06. The van der Waals surface area contributed by atoms with E-state index in [4.69, 9.17) is 0 Å². The fourth-order valence-corrected chi connectivity index (χ4v) is 0.916. The summed E-state index contributed by atoms with van der Waals surface area (Å²) < 4.78 is 1.62. The summed E-state index contributed by atoms with van der Waals surface area (Å²) in [4.78, 5) is 11.0. The van der Waals surface area contributed by atoms with Gasteiger partial charge < -0.3 is 0 Å². The van der Waals surface area contributed by atoms with Crippen LogP contribution in [-0.2, 0) is 0 Å². The second-order valence-electron chi connectivity index (χ2n) is 2.07. The van der Waals surface area contributed by atoms with Crippen LogP contribution in [0.1, 0.15) is 17.0 Å². The first kappa shape index (κ1) is 5.34. The van der Waals surface area contributed by atoms with Crippen LogP contribution in [0.4, 0.5) is 0 Å². The smallest absolute Gasteiger partial charge is 0.204 e. The van der Waals surface area contributed by atoms with Crippen molar-refractivity contribution in [2.24, 2.45) is 0 Å². The third-order valence-electron chi connectivity index (χ3n) is 1.39. The van der Waals surface area contributed by atoms with Gasteiger partial charge in [0.15, 0.2) is 0 Å². The molecule has 0 bridgehead atoms. The van der Waals surface area contributed by atoms with E-state index >= 15 is 0 Å². The molecule has 50 valence electrons. The third kappa shape index (κ3) is 0.586. The number of hydrogen-bond donors (Lipinski definition) is 0. The van der Waals surface area contributed by atoms with E-state index in [-0.39, 0.29) is 5.78 Å². The zero-order chi connectivity index (χ0) is 6.97. The number of ketones is 1. The second kappa shape index (κ2) is 1.76. The van der Waals surface area contributed by atoms with Crippen molar-refractivity contribution in [3.63, 3.8) is 0 Å². The van der Waals surface area contributed by atoms with Crippen LogP contribution in [0.5, 0.6) is 0 Å². The van der Waals surface area contributed by atoms with Gasteiger partial charge in [-0.3, -0.25) is 9.36 Å². The molecule has 1 aromatic rings. The van der Waals surface area contributed by atoms with Crippen LogP contribution in [0.2, 0.25) is 0 Å². The minimum absolute atomic E-state index is 0.0278. The lowest BCUT2D eigenvalue weighted by Gasteiger charge is -2.01. The Morgan fingerprint density at radius 1 is 1.60 bits per heavy atom. The predicted molar refractivity (Wildman–Crippen MR) is 34.3 cm³/mol. The summed E-state index contributed by atoms with van der Waals surface area (Å²) in [5, 5.41) is 7.25. The molecule has 1 aliphatic rings. The fourth-order valence-electron chi connectivity index (χ4n) is 0.916. The molecule has 1 aliphatic heterocycles. The van der Waals surface area contributed by atoms with E-state index < -0.39 is 0 Å². The molecule has 0 fully saturated rings. The molecule has 4 heteroatoms. The average Bonchev–Trinajstić information content (AvgIpc) is 2.36. The Bertz CT molecular complexity index is 300. The van der Waals surface area contributed by atoms with Crippen molar-refractivity contribution in [2.45, 2.75) is 6.42 Å². The summed E-state index contributed by atoms with van der Waals surface area (Å²) in [6, 6.07) is 0. The molecule has 0 aliphatic carbocycles. The molecular formula is C6H5N3O. The summed E-state index contributed by atoms with van der Waals surface area (Å²) in [7, 11) is 0. The van der Waals surface area contributed by atoms with Gasteiger partial charge in [0.05, 0.1) is 0 Å². The normalized spacial score (nSPS) is 15.4. The number of aromatic nitrogens is 3. The van der Waals surface area contributed by atoms with E-state index in [1.165, 1.54) is 6.33 Å². The van der Waals surface area contributed by atoms with Crippen LogP contribution in [0.3, 0.4) is 0 Å². The van der Waals surface area contributed by atoms with E-state index in [0.717, 1.165) is 0 Å². The van der Waals surface area contributed by atoms with Crippen molar-refractivity contribution in [3.05, 3.63) is 18.2 Å². The van der Waals surface area contributed by atoms with Gasteiger partial charge in [0.1, 0.15) is 6.33 Å². The fraction of sp³-hybridized carbons (Fsp3) is 0.167. The van der Waals surface area contributed by atoms with Crippen LogP contribution < -0.4 is 0 Å². The zero-order valence-corrected chi connectivity index (χ0v) is 5.19. The van der Waals surface area contributed by atoms with Crippen molar-refractivity contribution >= 4 is 12.0 Å². The minimum atomic E-state index is 0.0278. The average molecular weight is 135 g/mol. The maximum Gasteiger partial charge on any atom is 0.204 e. The van der Waals surface area contributed by atoms with Gasteiger partial charge in [-0.1, -0.05) is 6.08 Å². The van der Waals surface area contributed by atoms with Crippen molar-refractivity contribution in [2.75, 3.05) is 0 Å². The molecule has 1 aromatic heterocycles. The lowest BCUT2D eigenvalue weighted by molar-refractivity contribution is 0.0982. The Kier molecular flexibility index (Phi) is 0.943. The number of rotatable bonds is 0. The largest absolute Gasteiger partial charge is 0.290 e. The molecule has 4 nitrogen and oxygen atoms in total. The Morgan fingerprint density at radius 3 is 3.30 bits per heavy atom. The Hall–Kier alpha value is -1.45. The number of fused-ring (bicyclic) bond motifs is 1. The van der Waals surface area contributed by atoms with E-state index in [1.54, 1.807) is 16.8 Å². The summed E-state index contributed by atoms with van der Waals surface area (Å²) in [5.74, 6) is 0.461. The van der Waals surface area contributed by atoms with Crippen LogP contribution >= 0.6 is 0 Å². The van der Waals surface area contributed by atoms with Gasteiger partial charge in [-0.25, -0.2) is 0 Å². The van der Waals surface area contributed by atoms with Gasteiger partial charge >= 0.3 is 0 Å². The standard InChI is InChI=1S/C6H5N3O/c10-5-2-1-3-9-4-7-8-6(5)9/h1,3-4H,2H2. The first-order valence-corrected chi connectivity index (χ1v) is 2.97. The van der Waals surface area contributed by atoms with Crippen LogP contribution in [-0.4, -0.2) is 20.5 Å². The first-order valence-electron chi connectivity index (χ1n) is 2.97.